The third-order valence-corrected chi connectivity index (χ3v) is 11.0. The maximum absolute atomic E-state index is 10.2. The Labute approximate surface area is 206 Å². The standard InChI is InChI=1S/C31H42N2O/c1-3-7-28-9-12-30(13-10-28,14-11-28)23-34-27-6-5-26(24(21-32)25(27)22-33)31-18-15-29(8-4-2,16-19-31)17-20-31/h5-6H,3-4,7-20,23H2,1-2H3. The summed E-state index contributed by atoms with van der Waals surface area (Å²) in [6.07, 6.45) is 20.3. The molecule has 0 atom stereocenters. The summed E-state index contributed by atoms with van der Waals surface area (Å²) in [5, 5.41) is 20.3. The molecule has 182 valence electrons. The van der Waals surface area contributed by atoms with E-state index >= 15 is 0 Å². The number of hydrogen-bond donors (Lipinski definition) is 0. The Morgan fingerprint density at radius 2 is 1.15 bits per heavy atom. The first kappa shape index (κ1) is 23.7. The molecule has 1 aromatic carbocycles. The maximum atomic E-state index is 10.2. The lowest BCUT2D eigenvalue weighted by Crippen LogP contribution is -2.45. The Balaban J connectivity index is 1.34. The normalized spacial score (nSPS) is 36.1. The van der Waals surface area contributed by atoms with E-state index in [0.717, 1.165) is 24.8 Å². The second-order valence-corrected chi connectivity index (χ2v) is 12.7. The van der Waals surface area contributed by atoms with Crippen LogP contribution in [-0.4, -0.2) is 6.61 Å². The van der Waals surface area contributed by atoms with Crippen LogP contribution in [0, 0.1) is 38.9 Å². The van der Waals surface area contributed by atoms with Gasteiger partial charge >= 0.3 is 0 Å². The Bertz CT molecular complexity index is 960. The molecule has 0 heterocycles. The molecule has 0 unspecified atom stereocenters. The van der Waals surface area contributed by atoms with Crippen molar-refractivity contribution in [1.29, 1.82) is 10.5 Å². The summed E-state index contributed by atoms with van der Waals surface area (Å²) in [5.41, 5.74) is 3.68. The van der Waals surface area contributed by atoms with E-state index in [1.54, 1.807) is 0 Å². The first-order valence-corrected chi connectivity index (χ1v) is 14.1. The lowest BCUT2D eigenvalue weighted by atomic mass is 9.50. The van der Waals surface area contributed by atoms with Gasteiger partial charge in [0.2, 0.25) is 0 Å². The zero-order valence-electron chi connectivity index (χ0n) is 21.5. The molecular weight excluding hydrogens is 416 g/mol. The van der Waals surface area contributed by atoms with Crippen LogP contribution in [-0.2, 0) is 5.41 Å². The molecule has 6 saturated carbocycles. The van der Waals surface area contributed by atoms with Crippen LogP contribution < -0.4 is 4.74 Å². The minimum atomic E-state index is 0.0821. The predicted molar refractivity (Wildman–Crippen MR) is 136 cm³/mol. The van der Waals surface area contributed by atoms with Gasteiger partial charge in [0.25, 0.3) is 0 Å². The molecule has 0 aromatic heterocycles. The molecule has 0 saturated heterocycles. The van der Waals surface area contributed by atoms with E-state index in [1.807, 2.05) is 6.07 Å². The molecule has 6 aliphatic rings. The fourth-order valence-electron chi connectivity index (χ4n) is 8.64. The van der Waals surface area contributed by atoms with E-state index in [-0.39, 0.29) is 10.8 Å². The van der Waals surface area contributed by atoms with Crippen LogP contribution in [0.5, 0.6) is 5.75 Å². The molecule has 0 amide bonds. The zero-order chi connectivity index (χ0) is 23.9. The molecular formula is C31H42N2O. The van der Waals surface area contributed by atoms with Crippen LogP contribution >= 0.6 is 0 Å². The first-order valence-electron chi connectivity index (χ1n) is 14.1. The summed E-state index contributed by atoms with van der Waals surface area (Å²) in [6.45, 7) is 5.31. The van der Waals surface area contributed by atoms with Crippen molar-refractivity contribution in [2.75, 3.05) is 6.61 Å². The number of benzene rings is 1. The largest absolute Gasteiger partial charge is 0.492 e. The Kier molecular flexibility index (Phi) is 6.21. The van der Waals surface area contributed by atoms with Crippen molar-refractivity contribution in [3.63, 3.8) is 0 Å². The molecule has 0 aliphatic heterocycles. The van der Waals surface area contributed by atoms with Crippen LogP contribution in [0.2, 0.25) is 0 Å². The molecule has 6 aliphatic carbocycles. The maximum Gasteiger partial charge on any atom is 0.138 e. The molecule has 1 aromatic rings. The van der Waals surface area contributed by atoms with E-state index in [9.17, 15) is 10.5 Å². The van der Waals surface area contributed by atoms with Gasteiger partial charge < -0.3 is 4.74 Å². The van der Waals surface area contributed by atoms with E-state index in [0.29, 0.717) is 34.3 Å². The highest BCUT2D eigenvalue weighted by Gasteiger charge is 2.50. The van der Waals surface area contributed by atoms with Crippen LogP contribution in [0.4, 0.5) is 0 Å². The summed E-state index contributed by atoms with van der Waals surface area (Å²) >= 11 is 0. The summed E-state index contributed by atoms with van der Waals surface area (Å²) in [4.78, 5) is 0. The van der Waals surface area contributed by atoms with Crippen LogP contribution in [0.1, 0.15) is 133 Å². The van der Waals surface area contributed by atoms with E-state index in [1.165, 1.54) is 83.5 Å². The van der Waals surface area contributed by atoms with Crippen molar-refractivity contribution in [2.24, 2.45) is 16.2 Å². The highest BCUT2D eigenvalue weighted by Crippen LogP contribution is 2.61. The topological polar surface area (TPSA) is 56.8 Å². The molecule has 0 N–H and O–H groups in total. The smallest absolute Gasteiger partial charge is 0.138 e. The first-order chi connectivity index (χ1) is 16.5. The van der Waals surface area contributed by atoms with Gasteiger partial charge in [0.15, 0.2) is 0 Å². The van der Waals surface area contributed by atoms with Gasteiger partial charge in [-0.15, -0.1) is 0 Å². The van der Waals surface area contributed by atoms with Gasteiger partial charge in [-0.25, -0.2) is 0 Å². The van der Waals surface area contributed by atoms with Crippen molar-refractivity contribution < 1.29 is 4.74 Å². The third kappa shape index (κ3) is 3.85. The molecule has 0 spiro atoms. The van der Waals surface area contributed by atoms with Crippen molar-refractivity contribution in [1.82, 2.24) is 0 Å². The lowest BCUT2D eigenvalue weighted by molar-refractivity contribution is -0.0402. The highest BCUT2D eigenvalue weighted by atomic mass is 16.5. The second-order valence-electron chi connectivity index (χ2n) is 12.7. The predicted octanol–water partition coefficient (Wildman–Crippen LogP) is 8.34. The zero-order valence-corrected chi connectivity index (χ0v) is 21.5. The van der Waals surface area contributed by atoms with Crippen molar-refractivity contribution in [3.05, 3.63) is 28.8 Å². The minimum absolute atomic E-state index is 0.0821. The quantitative estimate of drug-likeness (QED) is 0.393. The Morgan fingerprint density at radius 1 is 0.676 bits per heavy atom. The number of nitriles is 2. The summed E-state index contributed by atoms with van der Waals surface area (Å²) in [6, 6.07) is 9.00. The molecule has 3 heteroatoms. The molecule has 4 bridgehead atoms. The average molecular weight is 459 g/mol. The molecule has 6 fully saturated rings. The van der Waals surface area contributed by atoms with Gasteiger partial charge in [0.1, 0.15) is 23.5 Å². The Hall–Kier alpha value is -2.00. The minimum Gasteiger partial charge on any atom is -0.492 e. The van der Waals surface area contributed by atoms with E-state index in [2.05, 4.69) is 32.1 Å². The van der Waals surface area contributed by atoms with Crippen molar-refractivity contribution in [2.45, 2.75) is 122 Å². The van der Waals surface area contributed by atoms with Crippen LogP contribution in [0.15, 0.2) is 12.1 Å². The van der Waals surface area contributed by atoms with Crippen molar-refractivity contribution in [3.8, 4) is 17.9 Å². The SMILES string of the molecule is CCCC12CCC(COc3ccc(C45CCC(CCC)(CC4)CC5)c(C#N)c3C#N)(CC1)CC2. The van der Waals surface area contributed by atoms with Gasteiger partial charge in [-0.2, -0.15) is 10.5 Å². The van der Waals surface area contributed by atoms with Crippen molar-refractivity contribution >= 4 is 0 Å². The number of hydrogen-bond acceptors (Lipinski definition) is 3. The molecule has 7 rings (SSSR count). The lowest BCUT2D eigenvalue weighted by Gasteiger charge is -2.54. The number of ether oxygens (including phenoxy) is 1. The van der Waals surface area contributed by atoms with E-state index in [4.69, 9.17) is 4.74 Å². The molecule has 3 nitrogen and oxygen atoms in total. The van der Waals surface area contributed by atoms with Gasteiger partial charge in [0, 0.05) is 5.41 Å². The van der Waals surface area contributed by atoms with E-state index < -0.39 is 0 Å². The summed E-state index contributed by atoms with van der Waals surface area (Å²) < 4.78 is 6.41. The Morgan fingerprint density at radius 3 is 1.62 bits per heavy atom. The summed E-state index contributed by atoms with van der Waals surface area (Å²) in [7, 11) is 0. The fraction of sp³-hybridized carbons (Fsp3) is 0.742. The summed E-state index contributed by atoms with van der Waals surface area (Å²) in [5.74, 6) is 0.636. The number of nitrogens with zero attached hydrogens (tertiary/aromatic N) is 2. The molecule has 34 heavy (non-hydrogen) atoms. The van der Waals surface area contributed by atoms with Crippen LogP contribution in [0.3, 0.4) is 0 Å². The number of fused-ring (bicyclic) bond motifs is 6. The van der Waals surface area contributed by atoms with Gasteiger partial charge in [-0.05, 0) is 118 Å². The third-order valence-electron chi connectivity index (χ3n) is 11.0. The molecule has 0 radical (unpaired) electrons. The van der Waals surface area contributed by atoms with Gasteiger partial charge in [0.05, 0.1) is 12.2 Å². The van der Waals surface area contributed by atoms with Gasteiger partial charge in [-0.1, -0.05) is 32.8 Å². The van der Waals surface area contributed by atoms with Crippen LogP contribution in [0.25, 0.3) is 0 Å². The fourth-order valence-corrected chi connectivity index (χ4v) is 8.64. The second kappa shape index (κ2) is 8.90. The highest BCUT2D eigenvalue weighted by molar-refractivity contribution is 5.60. The number of rotatable bonds is 8. The van der Waals surface area contributed by atoms with Gasteiger partial charge in [-0.3, -0.25) is 0 Å². The average Bonchev–Trinajstić information content (AvgIpc) is 2.89. The monoisotopic (exact) mass is 458 g/mol.